The van der Waals surface area contributed by atoms with Crippen LogP contribution in [0, 0.1) is 0 Å². The van der Waals surface area contributed by atoms with Crippen LogP contribution in [0.4, 0.5) is 0 Å². The summed E-state index contributed by atoms with van der Waals surface area (Å²) in [7, 11) is 0. The van der Waals surface area contributed by atoms with E-state index in [2.05, 4.69) is 15.0 Å². The van der Waals surface area contributed by atoms with E-state index in [4.69, 9.17) is 23.2 Å². The molecule has 0 saturated heterocycles. The molecule has 0 aliphatic carbocycles. The Hall–Kier alpha value is -1.32. The van der Waals surface area contributed by atoms with Crippen molar-refractivity contribution in [1.29, 1.82) is 0 Å². The lowest BCUT2D eigenvalue weighted by Gasteiger charge is -1.91. The highest BCUT2D eigenvalue weighted by atomic mass is 35.5. The second-order valence-corrected chi connectivity index (χ2v) is 4.00. The molecule has 2 aromatic heterocycles. The van der Waals surface area contributed by atoms with Gasteiger partial charge in [0.05, 0.1) is 0 Å². The molecule has 1 N–H and O–H groups in total. The maximum atomic E-state index is 5.95. The molecule has 0 fully saturated rings. The van der Waals surface area contributed by atoms with Crippen LogP contribution in [0.1, 0.15) is 0 Å². The zero-order valence-corrected chi connectivity index (χ0v) is 8.97. The molecule has 0 aliphatic heterocycles. The normalized spacial score (nSPS) is 11.3. The van der Waals surface area contributed by atoms with Gasteiger partial charge in [0.2, 0.25) is 0 Å². The van der Waals surface area contributed by atoms with Crippen molar-refractivity contribution in [2.75, 3.05) is 0 Å². The fourth-order valence-corrected chi connectivity index (χ4v) is 1.99. The van der Waals surface area contributed by atoms with Crippen LogP contribution < -0.4 is 0 Å². The van der Waals surface area contributed by atoms with E-state index in [1.807, 2.05) is 18.2 Å². The van der Waals surface area contributed by atoms with Gasteiger partial charge in [-0.25, -0.2) is 9.97 Å². The molecule has 0 spiro atoms. The first-order valence-electron chi connectivity index (χ1n) is 4.33. The molecule has 5 heteroatoms. The monoisotopic (exact) mass is 237 g/mol. The van der Waals surface area contributed by atoms with Crippen LogP contribution in [-0.4, -0.2) is 15.0 Å². The van der Waals surface area contributed by atoms with E-state index in [-0.39, 0.29) is 0 Å². The minimum Gasteiger partial charge on any atom is -0.351 e. The molecule has 0 radical (unpaired) electrons. The van der Waals surface area contributed by atoms with Crippen LogP contribution >= 0.6 is 23.2 Å². The summed E-state index contributed by atoms with van der Waals surface area (Å²) >= 11 is 11.9. The van der Waals surface area contributed by atoms with E-state index >= 15 is 0 Å². The molecular weight excluding hydrogens is 233 g/mol. The molecule has 0 saturated carbocycles. The number of fused-ring (bicyclic) bond motifs is 3. The quantitative estimate of drug-likeness (QED) is 0.609. The molecule has 3 aromatic rings. The van der Waals surface area contributed by atoms with Gasteiger partial charge in [0, 0.05) is 15.9 Å². The van der Waals surface area contributed by atoms with Gasteiger partial charge in [-0.3, -0.25) is 0 Å². The molecule has 15 heavy (non-hydrogen) atoms. The summed E-state index contributed by atoms with van der Waals surface area (Å²) < 4.78 is 0. The number of aromatic nitrogens is 3. The summed E-state index contributed by atoms with van der Waals surface area (Å²) in [6.45, 7) is 0. The van der Waals surface area contributed by atoms with E-state index in [1.54, 1.807) is 0 Å². The molecule has 0 amide bonds. The summed E-state index contributed by atoms with van der Waals surface area (Å²) in [6, 6.07) is 5.58. The zero-order valence-electron chi connectivity index (χ0n) is 7.46. The highest BCUT2D eigenvalue weighted by Gasteiger charge is 2.08. The number of benzene rings is 1. The summed E-state index contributed by atoms with van der Waals surface area (Å²) in [5.41, 5.74) is 2.50. The SMILES string of the molecule is Clc1ccc2[nH]c3c(Cl)ncnc3c2c1. The first-order valence-corrected chi connectivity index (χ1v) is 5.09. The Morgan fingerprint density at radius 2 is 2.00 bits per heavy atom. The van der Waals surface area contributed by atoms with Crippen LogP contribution in [0.15, 0.2) is 24.5 Å². The van der Waals surface area contributed by atoms with Gasteiger partial charge in [-0.2, -0.15) is 0 Å². The van der Waals surface area contributed by atoms with Crippen LogP contribution in [0.2, 0.25) is 10.2 Å². The Balaban J connectivity index is 2.58. The Morgan fingerprint density at radius 1 is 1.13 bits per heavy atom. The topological polar surface area (TPSA) is 41.6 Å². The Bertz CT molecular complexity index is 660. The predicted octanol–water partition coefficient (Wildman–Crippen LogP) is 3.42. The van der Waals surface area contributed by atoms with Crippen LogP contribution in [0.3, 0.4) is 0 Å². The fraction of sp³-hybridized carbons (Fsp3) is 0. The van der Waals surface area contributed by atoms with Crippen molar-refractivity contribution in [2.45, 2.75) is 0 Å². The van der Waals surface area contributed by atoms with Gasteiger partial charge in [-0.15, -0.1) is 0 Å². The maximum absolute atomic E-state index is 5.95. The third-order valence-corrected chi connectivity index (χ3v) is 2.82. The molecular formula is C10H5Cl2N3. The van der Waals surface area contributed by atoms with Gasteiger partial charge in [-0.1, -0.05) is 23.2 Å². The molecule has 3 nitrogen and oxygen atoms in total. The van der Waals surface area contributed by atoms with E-state index in [0.717, 1.165) is 21.9 Å². The van der Waals surface area contributed by atoms with Crippen LogP contribution in [0.5, 0.6) is 0 Å². The lowest BCUT2D eigenvalue weighted by atomic mass is 10.2. The third kappa shape index (κ3) is 1.28. The van der Waals surface area contributed by atoms with Crippen molar-refractivity contribution in [3.8, 4) is 0 Å². The molecule has 1 aromatic carbocycles. The highest BCUT2D eigenvalue weighted by Crippen LogP contribution is 2.28. The number of nitrogens with one attached hydrogen (secondary N) is 1. The molecule has 0 bridgehead atoms. The van der Waals surface area contributed by atoms with Gasteiger partial charge in [-0.05, 0) is 18.2 Å². The summed E-state index contributed by atoms with van der Waals surface area (Å²) in [5.74, 6) is 0. The average molecular weight is 238 g/mol. The smallest absolute Gasteiger partial charge is 0.156 e. The Labute approximate surface area is 95.0 Å². The van der Waals surface area contributed by atoms with Crippen LogP contribution in [-0.2, 0) is 0 Å². The first kappa shape index (κ1) is 8.95. The number of H-pyrrole nitrogens is 1. The molecule has 2 heterocycles. The second kappa shape index (κ2) is 3.08. The van der Waals surface area contributed by atoms with Gasteiger partial charge < -0.3 is 4.98 Å². The highest BCUT2D eigenvalue weighted by molar-refractivity contribution is 6.35. The van der Waals surface area contributed by atoms with E-state index < -0.39 is 0 Å². The summed E-state index contributed by atoms with van der Waals surface area (Å²) in [4.78, 5) is 11.3. The zero-order chi connectivity index (χ0) is 10.4. The summed E-state index contributed by atoms with van der Waals surface area (Å²) in [5, 5.41) is 2.06. The van der Waals surface area contributed by atoms with Gasteiger partial charge in [0.25, 0.3) is 0 Å². The van der Waals surface area contributed by atoms with Gasteiger partial charge >= 0.3 is 0 Å². The number of aromatic amines is 1. The summed E-state index contributed by atoms with van der Waals surface area (Å²) in [6.07, 6.45) is 1.44. The van der Waals surface area contributed by atoms with E-state index in [9.17, 15) is 0 Å². The predicted molar refractivity (Wildman–Crippen MR) is 61.4 cm³/mol. The fourth-order valence-electron chi connectivity index (χ4n) is 1.64. The van der Waals surface area contributed by atoms with E-state index in [1.165, 1.54) is 6.33 Å². The number of rotatable bonds is 0. The van der Waals surface area contributed by atoms with Crippen molar-refractivity contribution >= 4 is 45.1 Å². The largest absolute Gasteiger partial charge is 0.351 e. The number of hydrogen-bond acceptors (Lipinski definition) is 2. The number of nitrogens with zero attached hydrogens (tertiary/aromatic N) is 2. The standard InChI is InChI=1S/C10H5Cl2N3/c11-5-1-2-7-6(3-5)8-9(15-7)10(12)14-4-13-8/h1-4,15H. The van der Waals surface area contributed by atoms with Crippen molar-refractivity contribution < 1.29 is 0 Å². The van der Waals surface area contributed by atoms with Crippen molar-refractivity contribution in [3.05, 3.63) is 34.7 Å². The Kier molecular flexibility index (Phi) is 1.84. The molecule has 0 unspecified atom stereocenters. The minimum atomic E-state index is 0.423. The van der Waals surface area contributed by atoms with Crippen molar-refractivity contribution in [1.82, 2.24) is 15.0 Å². The molecule has 74 valence electrons. The number of halogens is 2. The molecule has 3 rings (SSSR count). The maximum Gasteiger partial charge on any atom is 0.156 e. The van der Waals surface area contributed by atoms with Crippen molar-refractivity contribution in [3.63, 3.8) is 0 Å². The van der Waals surface area contributed by atoms with Gasteiger partial charge in [0.15, 0.2) is 5.15 Å². The average Bonchev–Trinajstić information content (AvgIpc) is 2.58. The molecule has 0 atom stereocenters. The second-order valence-electron chi connectivity index (χ2n) is 3.20. The minimum absolute atomic E-state index is 0.423. The lowest BCUT2D eigenvalue weighted by Crippen LogP contribution is -1.79. The van der Waals surface area contributed by atoms with Gasteiger partial charge in [0.1, 0.15) is 17.4 Å². The van der Waals surface area contributed by atoms with E-state index in [0.29, 0.717) is 10.2 Å². The lowest BCUT2D eigenvalue weighted by molar-refractivity contribution is 1.22. The molecule has 0 aliphatic rings. The third-order valence-electron chi connectivity index (χ3n) is 2.30. The first-order chi connectivity index (χ1) is 7.25. The Morgan fingerprint density at radius 3 is 2.87 bits per heavy atom. The van der Waals surface area contributed by atoms with Crippen LogP contribution in [0.25, 0.3) is 21.9 Å². The van der Waals surface area contributed by atoms with Crippen molar-refractivity contribution in [2.24, 2.45) is 0 Å². The number of hydrogen-bond donors (Lipinski definition) is 1.